The second kappa shape index (κ2) is 7.19. The Hall–Kier alpha value is -1.32. The molecular weight excluding hydrogens is 269 g/mol. The smallest absolute Gasteiger partial charge is 0.216 e. The number of rotatable bonds is 3. The van der Waals surface area contributed by atoms with Gasteiger partial charge in [0.2, 0.25) is 5.04 Å². The highest BCUT2D eigenvalue weighted by Crippen LogP contribution is 2.18. The summed E-state index contributed by atoms with van der Waals surface area (Å²) in [6.45, 7) is 0. The summed E-state index contributed by atoms with van der Waals surface area (Å²) >= 11 is 1.54. The first-order chi connectivity index (χ1) is 8.24. The van der Waals surface area contributed by atoms with Gasteiger partial charge >= 0.3 is 0 Å². The van der Waals surface area contributed by atoms with Gasteiger partial charge in [0.15, 0.2) is 0 Å². The molecule has 0 heterocycles. The minimum atomic E-state index is -0.219. The van der Waals surface area contributed by atoms with Gasteiger partial charge in [-0.05, 0) is 41.6 Å². The number of hydrogen-bond acceptors (Lipinski definition) is 1. The second-order valence-corrected chi connectivity index (χ2v) is 4.88. The molecule has 0 aliphatic rings. The van der Waals surface area contributed by atoms with Crippen LogP contribution in [0.3, 0.4) is 0 Å². The average molecular weight is 282 g/mol. The van der Waals surface area contributed by atoms with Gasteiger partial charge in [-0.15, -0.1) is 0 Å². The summed E-state index contributed by atoms with van der Waals surface area (Å²) in [5.41, 5.74) is 1.02. The van der Waals surface area contributed by atoms with Gasteiger partial charge in [-0.1, -0.05) is 30.3 Å². The monoisotopic (exact) mass is 281 g/mol. The van der Waals surface area contributed by atoms with E-state index in [0.29, 0.717) is 6.42 Å². The summed E-state index contributed by atoms with van der Waals surface area (Å²) < 4.78 is 12.7. The van der Waals surface area contributed by atoms with Crippen molar-refractivity contribution >= 4 is 16.8 Å². The third-order valence-electron chi connectivity index (χ3n) is 2.28. The molecule has 0 aromatic heterocycles. The minimum Gasteiger partial charge on any atom is -1.00 e. The molecule has 0 radical (unpaired) electrons. The van der Waals surface area contributed by atoms with E-state index in [-0.39, 0.29) is 18.2 Å². The number of nitrogens with two attached hydrogens (primary N) is 1. The SMILES string of the molecule is [Cl-].[NH2+]=C(Cc1ccc(F)cc1)Sc1ccccc1. The highest BCUT2D eigenvalue weighted by atomic mass is 35.5. The van der Waals surface area contributed by atoms with E-state index in [1.807, 2.05) is 30.3 Å². The predicted molar refractivity (Wildman–Crippen MR) is 69.3 cm³/mol. The van der Waals surface area contributed by atoms with E-state index in [0.717, 1.165) is 15.5 Å². The lowest BCUT2D eigenvalue weighted by atomic mass is 10.2. The van der Waals surface area contributed by atoms with Crippen molar-refractivity contribution < 1.29 is 22.2 Å². The molecular formula is C14H13ClFNS. The Morgan fingerprint density at radius 3 is 2.22 bits per heavy atom. The molecule has 0 spiro atoms. The highest BCUT2D eigenvalue weighted by molar-refractivity contribution is 8.13. The number of hydrogen-bond donors (Lipinski definition) is 1. The molecule has 0 fully saturated rings. The van der Waals surface area contributed by atoms with E-state index in [9.17, 15) is 4.39 Å². The van der Waals surface area contributed by atoms with E-state index in [2.05, 4.69) is 0 Å². The fourth-order valence-corrected chi connectivity index (χ4v) is 2.31. The van der Waals surface area contributed by atoms with E-state index < -0.39 is 0 Å². The van der Waals surface area contributed by atoms with Crippen molar-refractivity contribution in [1.82, 2.24) is 0 Å². The quantitative estimate of drug-likeness (QED) is 0.450. The molecule has 0 aliphatic carbocycles. The van der Waals surface area contributed by atoms with Gasteiger partial charge in [0, 0.05) is 4.90 Å². The molecule has 4 heteroatoms. The Morgan fingerprint density at radius 2 is 1.61 bits per heavy atom. The van der Waals surface area contributed by atoms with Gasteiger partial charge in [0.25, 0.3) is 0 Å². The Bertz CT molecular complexity index is 499. The van der Waals surface area contributed by atoms with Crippen molar-refractivity contribution in [3.05, 3.63) is 66.0 Å². The lowest BCUT2D eigenvalue weighted by Crippen LogP contribution is -3.00. The molecule has 1 nitrogen and oxygen atoms in total. The van der Waals surface area contributed by atoms with Gasteiger partial charge in [-0.25, -0.2) is 4.39 Å². The third kappa shape index (κ3) is 4.51. The number of thioether (sulfide) groups is 1. The molecule has 0 aliphatic heterocycles. The molecule has 0 bridgehead atoms. The van der Waals surface area contributed by atoms with Crippen LogP contribution < -0.4 is 17.8 Å². The second-order valence-electron chi connectivity index (χ2n) is 3.68. The molecule has 0 atom stereocenters. The summed E-state index contributed by atoms with van der Waals surface area (Å²) in [5, 5.41) is 6.77. The largest absolute Gasteiger partial charge is 1.00 e. The van der Waals surface area contributed by atoms with Crippen LogP contribution in [0.5, 0.6) is 0 Å². The average Bonchev–Trinajstić information content (AvgIpc) is 2.33. The van der Waals surface area contributed by atoms with Crippen molar-refractivity contribution in [2.45, 2.75) is 11.3 Å². The summed E-state index contributed by atoms with van der Waals surface area (Å²) in [5.74, 6) is -0.219. The number of benzene rings is 2. The summed E-state index contributed by atoms with van der Waals surface area (Å²) in [6, 6.07) is 16.4. The molecule has 2 rings (SSSR count). The topological polar surface area (TPSA) is 25.6 Å². The van der Waals surface area contributed by atoms with Crippen LogP contribution in [-0.2, 0) is 6.42 Å². The lowest BCUT2D eigenvalue weighted by molar-refractivity contribution is -0.110. The zero-order valence-corrected chi connectivity index (χ0v) is 11.2. The normalized spacial score (nSPS) is 9.61. The van der Waals surface area contributed by atoms with Crippen molar-refractivity contribution in [1.29, 1.82) is 0 Å². The molecule has 2 aromatic carbocycles. The number of halogens is 2. The molecule has 0 saturated carbocycles. The molecule has 18 heavy (non-hydrogen) atoms. The first-order valence-electron chi connectivity index (χ1n) is 5.33. The van der Waals surface area contributed by atoms with Crippen LogP contribution in [-0.4, -0.2) is 5.04 Å². The molecule has 2 aromatic rings. The molecule has 2 N–H and O–H groups in total. The Balaban J connectivity index is 0.00000162. The van der Waals surface area contributed by atoms with E-state index >= 15 is 0 Å². The summed E-state index contributed by atoms with van der Waals surface area (Å²) in [6.07, 6.45) is 0.653. The van der Waals surface area contributed by atoms with E-state index in [1.165, 1.54) is 12.1 Å². The van der Waals surface area contributed by atoms with Gasteiger partial charge in [0.1, 0.15) is 5.82 Å². The van der Waals surface area contributed by atoms with Gasteiger partial charge in [-0.3, -0.25) is 5.41 Å². The zero-order valence-electron chi connectivity index (χ0n) is 9.64. The van der Waals surface area contributed by atoms with Crippen molar-refractivity contribution in [2.75, 3.05) is 0 Å². The maximum Gasteiger partial charge on any atom is 0.216 e. The van der Waals surface area contributed by atoms with Crippen molar-refractivity contribution in [3.63, 3.8) is 0 Å². The highest BCUT2D eigenvalue weighted by Gasteiger charge is 2.07. The van der Waals surface area contributed by atoms with Gasteiger partial charge < -0.3 is 12.4 Å². The minimum absolute atomic E-state index is 0. The summed E-state index contributed by atoms with van der Waals surface area (Å²) in [7, 11) is 0. The molecule has 0 unspecified atom stereocenters. The Kier molecular flexibility index (Phi) is 5.89. The van der Waals surface area contributed by atoms with Gasteiger partial charge in [-0.2, -0.15) is 0 Å². The first kappa shape index (κ1) is 14.7. The van der Waals surface area contributed by atoms with Gasteiger partial charge in [0.05, 0.1) is 6.42 Å². The van der Waals surface area contributed by atoms with Crippen LogP contribution in [0.1, 0.15) is 5.56 Å². The maximum atomic E-state index is 12.7. The van der Waals surface area contributed by atoms with E-state index in [1.54, 1.807) is 23.9 Å². The van der Waals surface area contributed by atoms with Crippen LogP contribution >= 0.6 is 11.8 Å². The standard InChI is InChI=1S/C14H12FNS.ClH/c15-12-8-6-11(7-9-12)10-14(16)17-13-4-2-1-3-5-13;/h1-9,16H,10H2;1H. The molecule has 94 valence electrons. The summed E-state index contributed by atoms with van der Waals surface area (Å²) in [4.78, 5) is 1.12. The molecule has 0 amide bonds. The van der Waals surface area contributed by atoms with Crippen molar-refractivity contribution in [3.8, 4) is 0 Å². The maximum absolute atomic E-state index is 12.7. The fraction of sp³-hybridized carbons (Fsp3) is 0.0714. The van der Waals surface area contributed by atoms with Crippen LogP contribution in [0.15, 0.2) is 59.5 Å². The molecule has 0 saturated heterocycles. The predicted octanol–water partition coefficient (Wildman–Crippen LogP) is -0.678. The van der Waals surface area contributed by atoms with Crippen LogP contribution in [0, 0.1) is 5.82 Å². The third-order valence-corrected chi connectivity index (χ3v) is 3.20. The first-order valence-corrected chi connectivity index (χ1v) is 6.14. The van der Waals surface area contributed by atoms with Crippen molar-refractivity contribution in [2.24, 2.45) is 0 Å². The van der Waals surface area contributed by atoms with E-state index in [4.69, 9.17) is 5.41 Å². The van der Waals surface area contributed by atoms with Crippen LogP contribution in [0.25, 0.3) is 0 Å². The Labute approximate surface area is 116 Å². The van der Waals surface area contributed by atoms with Crippen LogP contribution in [0.2, 0.25) is 0 Å². The van der Waals surface area contributed by atoms with Crippen LogP contribution in [0.4, 0.5) is 4.39 Å². The lowest BCUT2D eigenvalue weighted by Gasteiger charge is -2.00. The Morgan fingerprint density at radius 1 is 1.00 bits per heavy atom. The zero-order chi connectivity index (χ0) is 12.1. The fourth-order valence-electron chi connectivity index (χ4n) is 1.48.